The standard InChI is InChI=1S/C44H52F4N6O7S2/c1-9-24-19-43(24,41(57)53-63(58,59)27-11-12-27)52-38(55)33-17-26(20-54(33)40(56)37(42(5,6)7)49-25-10-14-30(45)29(16-25)44(46,47)48)61-35-18-31(39-51-32(21-62-39)22(2)3)50-36-23(4)34(60-8)15-13-28(35)36/h9-10,13-16,18,22,24,26-27,32-33,37,49H,1,11-12,17,19-21H2,2-8H3,(H,52,55)(H,53,57)/t24-,26-,32?,33+,37-,43-/m1/s1. The van der Waals surface area contributed by atoms with Gasteiger partial charge in [0.25, 0.3) is 5.91 Å². The van der Waals surface area contributed by atoms with E-state index in [0.717, 1.165) is 22.4 Å². The molecule has 2 aliphatic heterocycles. The van der Waals surface area contributed by atoms with E-state index in [1.165, 1.54) is 11.0 Å². The Morgan fingerprint density at radius 2 is 1.79 bits per heavy atom. The summed E-state index contributed by atoms with van der Waals surface area (Å²) < 4.78 is 95.9. The molecule has 13 nitrogen and oxygen atoms in total. The summed E-state index contributed by atoms with van der Waals surface area (Å²) in [4.78, 5) is 54.4. The summed E-state index contributed by atoms with van der Waals surface area (Å²) in [7, 11) is -2.44. The second-order valence-corrected chi connectivity index (χ2v) is 21.1. The molecule has 63 heavy (non-hydrogen) atoms. The maximum Gasteiger partial charge on any atom is 0.419 e. The highest BCUT2D eigenvalue weighted by Crippen LogP contribution is 2.46. The van der Waals surface area contributed by atoms with Crippen molar-refractivity contribution in [3.05, 3.63) is 71.7 Å². The van der Waals surface area contributed by atoms with Crippen molar-refractivity contribution in [2.45, 2.75) is 108 Å². The maximum atomic E-state index is 14.9. The van der Waals surface area contributed by atoms with Crippen LogP contribution >= 0.6 is 11.8 Å². The van der Waals surface area contributed by atoms with Crippen LogP contribution in [0.1, 0.15) is 77.1 Å². The van der Waals surface area contributed by atoms with Crippen LogP contribution in [0.15, 0.2) is 54.0 Å². The molecule has 1 aromatic heterocycles. The number of thioether (sulfide) groups is 1. The van der Waals surface area contributed by atoms with Crippen LogP contribution in [0.25, 0.3) is 10.9 Å². The van der Waals surface area contributed by atoms with Gasteiger partial charge in [-0.05, 0) is 67.9 Å². The van der Waals surface area contributed by atoms with E-state index in [4.69, 9.17) is 19.5 Å². The summed E-state index contributed by atoms with van der Waals surface area (Å²) >= 11 is 1.58. The van der Waals surface area contributed by atoms with Crippen LogP contribution in [-0.4, -0.2) is 95.5 Å². The number of hydrogen-bond donors (Lipinski definition) is 3. The van der Waals surface area contributed by atoms with E-state index in [1.807, 2.05) is 6.92 Å². The number of sulfonamides is 1. The highest BCUT2D eigenvalue weighted by molar-refractivity contribution is 8.14. The van der Waals surface area contributed by atoms with Crippen LogP contribution in [0.5, 0.6) is 11.5 Å². The lowest BCUT2D eigenvalue weighted by atomic mass is 9.85. The number of pyridine rings is 1. The fourth-order valence-corrected chi connectivity index (χ4v) is 10.7. The summed E-state index contributed by atoms with van der Waals surface area (Å²) in [5, 5.41) is 6.28. The Balaban J connectivity index is 1.26. The van der Waals surface area contributed by atoms with Crippen LogP contribution in [-0.2, 0) is 30.6 Å². The molecule has 0 spiro atoms. The lowest BCUT2D eigenvalue weighted by molar-refractivity contribution is -0.141. The van der Waals surface area contributed by atoms with Crippen molar-refractivity contribution in [2.24, 2.45) is 22.2 Å². The number of fused-ring (bicyclic) bond motifs is 1. The number of rotatable bonds is 14. The maximum absolute atomic E-state index is 14.9. The van der Waals surface area contributed by atoms with Crippen molar-refractivity contribution in [3.8, 4) is 11.5 Å². The minimum Gasteiger partial charge on any atom is -0.496 e. The topological polar surface area (TPSA) is 168 Å². The van der Waals surface area contributed by atoms with E-state index in [1.54, 1.807) is 57.8 Å². The van der Waals surface area contributed by atoms with Crippen LogP contribution in [0, 0.1) is 30.0 Å². The number of halogens is 4. The van der Waals surface area contributed by atoms with Gasteiger partial charge >= 0.3 is 6.18 Å². The van der Waals surface area contributed by atoms with Crippen molar-refractivity contribution in [1.82, 2.24) is 19.9 Å². The first-order valence-corrected chi connectivity index (χ1v) is 23.3. The molecule has 3 amide bonds. The molecule has 340 valence electrons. The van der Waals surface area contributed by atoms with E-state index < -0.39 is 85.6 Å². The van der Waals surface area contributed by atoms with Crippen LogP contribution in [0.3, 0.4) is 0 Å². The number of aliphatic imine (C=N–C) groups is 1. The third-order valence-electron chi connectivity index (χ3n) is 12.1. The summed E-state index contributed by atoms with van der Waals surface area (Å²) in [6.07, 6.45) is -3.66. The summed E-state index contributed by atoms with van der Waals surface area (Å²) in [5.41, 5.74) is -2.47. The zero-order chi connectivity index (χ0) is 46.0. The smallest absolute Gasteiger partial charge is 0.419 e. The monoisotopic (exact) mass is 916 g/mol. The number of likely N-dealkylation sites (tertiary alicyclic amines) is 1. The van der Waals surface area contributed by atoms with Gasteiger partial charge in [-0.25, -0.2) is 17.8 Å². The van der Waals surface area contributed by atoms with Crippen LogP contribution in [0.2, 0.25) is 0 Å². The van der Waals surface area contributed by atoms with Crippen molar-refractivity contribution in [3.63, 3.8) is 0 Å². The third kappa shape index (κ3) is 9.36. The number of benzene rings is 2. The van der Waals surface area contributed by atoms with Crippen molar-refractivity contribution in [1.29, 1.82) is 0 Å². The molecule has 3 N–H and O–H groups in total. The Hall–Kier alpha value is -4.91. The molecule has 3 aromatic rings. The van der Waals surface area contributed by atoms with Gasteiger partial charge in [0.2, 0.25) is 21.8 Å². The number of hydrogen-bond acceptors (Lipinski definition) is 11. The second kappa shape index (κ2) is 16.9. The Labute approximate surface area is 368 Å². The van der Waals surface area contributed by atoms with Gasteiger partial charge < -0.3 is 25.0 Å². The summed E-state index contributed by atoms with van der Waals surface area (Å²) in [6, 6.07) is 5.20. The molecule has 2 saturated carbocycles. The lowest BCUT2D eigenvalue weighted by Crippen LogP contribution is -2.58. The number of amides is 3. The number of ether oxygens (including phenoxy) is 2. The quantitative estimate of drug-likeness (QED) is 0.116. The van der Waals surface area contributed by atoms with Gasteiger partial charge in [0.1, 0.15) is 46.1 Å². The molecule has 0 bridgehead atoms. The number of methoxy groups -OCH3 is 1. The third-order valence-corrected chi connectivity index (χ3v) is 15.0. The van der Waals surface area contributed by atoms with Crippen LogP contribution in [0.4, 0.5) is 23.2 Å². The minimum atomic E-state index is -5.02. The zero-order valence-electron chi connectivity index (χ0n) is 36.1. The van der Waals surface area contributed by atoms with E-state index in [0.29, 0.717) is 59.0 Å². The molecule has 1 saturated heterocycles. The molecular formula is C44H52F4N6O7S2. The molecule has 1 unspecified atom stereocenters. The first-order valence-electron chi connectivity index (χ1n) is 20.8. The van der Waals surface area contributed by atoms with Gasteiger partial charge in [0, 0.05) is 40.8 Å². The molecule has 3 fully saturated rings. The van der Waals surface area contributed by atoms with Gasteiger partial charge in [-0.1, -0.05) is 40.7 Å². The van der Waals surface area contributed by atoms with E-state index in [-0.39, 0.29) is 31.1 Å². The highest BCUT2D eigenvalue weighted by Gasteiger charge is 2.62. The Morgan fingerprint density at radius 1 is 1.08 bits per heavy atom. The van der Waals surface area contributed by atoms with Gasteiger partial charge in [-0.2, -0.15) is 13.2 Å². The van der Waals surface area contributed by atoms with Crippen LogP contribution < -0.4 is 24.8 Å². The average Bonchev–Trinajstić information content (AvgIpc) is 4.09. The summed E-state index contributed by atoms with van der Waals surface area (Å²) in [6.45, 7) is 14.7. The number of carbonyl (C=O) groups is 3. The molecule has 2 aliphatic carbocycles. The fraction of sp³-hybridized carbons (Fsp3) is 0.523. The number of anilines is 1. The first-order chi connectivity index (χ1) is 29.5. The Bertz CT molecular complexity index is 2490. The molecule has 2 aromatic carbocycles. The molecule has 4 aliphatic rings. The normalized spacial score (nSPS) is 24.2. The molecular weight excluding hydrogens is 865 g/mol. The first kappa shape index (κ1) is 46.1. The van der Waals surface area contributed by atoms with Crippen molar-refractivity contribution in [2.75, 3.05) is 24.7 Å². The minimum absolute atomic E-state index is 0.0568. The number of nitrogens with zero attached hydrogens (tertiary/aromatic N) is 3. The van der Waals surface area contributed by atoms with Gasteiger partial charge in [0.05, 0.1) is 41.7 Å². The Kier molecular flexibility index (Phi) is 12.4. The number of aromatic nitrogens is 1. The molecule has 3 heterocycles. The number of aryl methyl sites for hydroxylation is 1. The van der Waals surface area contributed by atoms with Crippen molar-refractivity contribution < 1.29 is 49.8 Å². The molecule has 6 atom stereocenters. The van der Waals surface area contributed by atoms with E-state index in [2.05, 4.69) is 35.8 Å². The van der Waals surface area contributed by atoms with Crippen molar-refractivity contribution >= 4 is 61.1 Å². The zero-order valence-corrected chi connectivity index (χ0v) is 37.7. The number of nitrogens with one attached hydrogen (secondary N) is 3. The number of alkyl halides is 3. The van der Waals surface area contributed by atoms with E-state index in [9.17, 15) is 40.4 Å². The molecule has 0 radical (unpaired) electrons. The SMILES string of the molecule is C=C[C@@H]1C[C@]1(NC(=O)[C@@H]1C[C@@H](Oc2cc(C3=NC(C(C)C)CS3)nc3c(C)c(OC)ccc23)CN1C(=O)[C@@H](Nc1ccc(F)c(C(F)(F)F)c1)C(C)(C)C)C(=O)NS(=O)(=O)C1CC1. The highest BCUT2D eigenvalue weighted by atomic mass is 32.2. The molecule has 19 heteroatoms. The number of carbonyl (C=O) groups excluding carboxylic acids is 3. The second-order valence-electron chi connectivity index (χ2n) is 18.2. The Morgan fingerprint density at radius 3 is 2.38 bits per heavy atom. The van der Waals surface area contributed by atoms with Gasteiger partial charge in [-0.3, -0.25) is 24.1 Å². The largest absolute Gasteiger partial charge is 0.496 e. The lowest BCUT2D eigenvalue weighted by Gasteiger charge is -2.36. The fourth-order valence-electron chi connectivity index (χ4n) is 8.07. The molecule has 7 rings (SSSR count). The van der Waals surface area contributed by atoms with Gasteiger partial charge in [-0.15, -0.1) is 18.3 Å². The predicted molar refractivity (Wildman–Crippen MR) is 233 cm³/mol. The van der Waals surface area contributed by atoms with Gasteiger partial charge in [0.15, 0.2) is 0 Å². The summed E-state index contributed by atoms with van der Waals surface area (Å²) in [5.74, 6) is -2.43. The van der Waals surface area contributed by atoms with E-state index >= 15 is 0 Å². The predicted octanol–water partition coefficient (Wildman–Crippen LogP) is 6.77. The average molecular weight is 917 g/mol.